The third kappa shape index (κ3) is 3.15. The van der Waals surface area contributed by atoms with Gasteiger partial charge in [-0.1, -0.05) is 17.3 Å². The van der Waals surface area contributed by atoms with Gasteiger partial charge in [-0.3, -0.25) is 9.59 Å². The van der Waals surface area contributed by atoms with Gasteiger partial charge in [-0.15, -0.1) is 0 Å². The Morgan fingerprint density at radius 2 is 1.95 bits per heavy atom. The van der Waals surface area contributed by atoms with Gasteiger partial charge in [0, 0.05) is 12.6 Å². The molecule has 6 heteroatoms. The van der Waals surface area contributed by atoms with Crippen LogP contribution in [0.1, 0.15) is 29.9 Å². The summed E-state index contributed by atoms with van der Waals surface area (Å²) < 4.78 is 5.09. The van der Waals surface area contributed by atoms with E-state index in [-0.39, 0.29) is 5.91 Å². The molecule has 0 fully saturated rings. The van der Waals surface area contributed by atoms with Crippen LogP contribution in [0.3, 0.4) is 0 Å². The summed E-state index contributed by atoms with van der Waals surface area (Å²) in [7, 11) is 1.69. The summed E-state index contributed by atoms with van der Waals surface area (Å²) in [5.41, 5.74) is 1.63. The second kappa shape index (κ2) is 6.11. The zero-order valence-corrected chi connectivity index (χ0v) is 12.5. The summed E-state index contributed by atoms with van der Waals surface area (Å²) in [4.78, 5) is 25.4. The molecule has 0 saturated heterocycles. The van der Waals surface area contributed by atoms with Crippen molar-refractivity contribution >= 4 is 11.9 Å². The number of hydrogen-bond acceptors (Lipinski definition) is 4. The standard InChI is InChI=1S/C15H20N2O4/c1-9-13(10(2)21-16-9)8-17(3)14(18)11-6-4-5-7-12(11)15(19)20/h4-5,11-12H,6-8H2,1-3H3,(H,19,20). The predicted molar refractivity (Wildman–Crippen MR) is 75.4 cm³/mol. The minimum absolute atomic E-state index is 0.147. The fourth-order valence-electron chi connectivity index (χ4n) is 2.69. The summed E-state index contributed by atoms with van der Waals surface area (Å²) in [6.07, 6.45) is 4.59. The predicted octanol–water partition coefficient (Wildman–Crippen LogP) is 1.92. The van der Waals surface area contributed by atoms with Crippen LogP contribution < -0.4 is 0 Å². The summed E-state index contributed by atoms with van der Waals surface area (Å²) in [6.45, 7) is 4.01. The van der Waals surface area contributed by atoms with Gasteiger partial charge in [-0.2, -0.15) is 0 Å². The van der Waals surface area contributed by atoms with Crippen LogP contribution in [-0.4, -0.2) is 34.1 Å². The molecule has 1 aromatic heterocycles. The molecule has 2 unspecified atom stereocenters. The Labute approximate surface area is 123 Å². The highest BCUT2D eigenvalue weighted by Crippen LogP contribution is 2.28. The number of amides is 1. The number of carbonyl (C=O) groups is 2. The second-order valence-electron chi connectivity index (χ2n) is 5.49. The third-order valence-corrected chi connectivity index (χ3v) is 4.02. The molecule has 1 heterocycles. The van der Waals surface area contributed by atoms with Crippen molar-refractivity contribution < 1.29 is 19.2 Å². The van der Waals surface area contributed by atoms with Gasteiger partial charge >= 0.3 is 5.97 Å². The Morgan fingerprint density at radius 1 is 1.33 bits per heavy atom. The van der Waals surface area contributed by atoms with Crippen molar-refractivity contribution in [3.05, 3.63) is 29.2 Å². The quantitative estimate of drug-likeness (QED) is 0.857. The lowest BCUT2D eigenvalue weighted by Crippen LogP contribution is -2.39. The van der Waals surface area contributed by atoms with Crippen LogP contribution in [0.4, 0.5) is 0 Å². The maximum atomic E-state index is 12.5. The minimum atomic E-state index is -0.913. The highest BCUT2D eigenvalue weighted by Gasteiger charge is 2.35. The van der Waals surface area contributed by atoms with E-state index >= 15 is 0 Å². The highest BCUT2D eigenvalue weighted by molar-refractivity contribution is 5.85. The molecule has 0 bridgehead atoms. The van der Waals surface area contributed by atoms with Gasteiger partial charge in [0.1, 0.15) is 5.76 Å². The number of carbonyl (C=O) groups excluding carboxylic acids is 1. The van der Waals surface area contributed by atoms with Crippen molar-refractivity contribution in [1.82, 2.24) is 10.1 Å². The Hall–Kier alpha value is -2.11. The summed E-state index contributed by atoms with van der Waals surface area (Å²) in [6, 6.07) is 0. The van der Waals surface area contributed by atoms with Gasteiger partial charge in [-0.25, -0.2) is 0 Å². The van der Waals surface area contributed by atoms with E-state index in [1.165, 1.54) is 0 Å². The van der Waals surface area contributed by atoms with Crippen LogP contribution in [0.25, 0.3) is 0 Å². The average Bonchev–Trinajstić information content (AvgIpc) is 2.78. The molecule has 2 rings (SSSR count). The van der Waals surface area contributed by atoms with E-state index in [0.717, 1.165) is 11.3 Å². The Bertz CT molecular complexity index is 557. The molecule has 6 nitrogen and oxygen atoms in total. The maximum absolute atomic E-state index is 12.5. The number of nitrogens with zero attached hydrogens (tertiary/aromatic N) is 2. The Morgan fingerprint density at radius 3 is 2.48 bits per heavy atom. The van der Waals surface area contributed by atoms with Crippen molar-refractivity contribution in [3.63, 3.8) is 0 Å². The van der Waals surface area contributed by atoms with E-state index < -0.39 is 17.8 Å². The number of aromatic nitrogens is 1. The van der Waals surface area contributed by atoms with Gasteiger partial charge in [0.2, 0.25) is 5.91 Å². The molecule has 0 aromatic carbocycles. The molecule has 0 radical (unpaired) electrons. The molecule has 1 amide bonds. The topological polar surface area (TPSA) is 83.6 Å². The first-order valence-corrected chi connectivity index (χ1v) is 6.96. The monoisotopic (exact) mass is 292 g/mol. The van der Waals surface area contributed by atoms with Crippen LogP contribution in [0, 0.1) is 25.7 Å². The van der Waals surface area contributed by atoms with E-state index in [9.17, 15) is 14.7 Å². The lowest BCUT2D eigenvalue weighted by molar-refractivity contribution is -0.150. The first-order chi connectivity index (χ1) is 9.91. The maximum Gasteiger partial charge on any atom is 0.307 e. The Kier molecular flexibility index (Phi) is 4.45. The average molecular weight is 292 g/mol. The summed E-state index contributed by atoms with van der Waals surface area (Å²) in [5.74, 6) is -1.52. The SMILES string of the molecule is Cc1noc(C)c1CN(C)C(=O)C1CC=CCC1C(=O)O. The molecule has 1 N–H and O–H groups in total. The smallest absolute Gasteiger partial charge is 0.307 e. The highest BCUT2D eigenvalue weighted by atomic mass is 16.5. The molecule has 1 aliphatic rings. The first-order valence-electron chi connectivity index (χ1n) is 6.96. The molecule has 2 atom stereocenters. The van der Waals surface area contributed by atoms with Gasteiger partial charge < -0.3 is 14.5 Å². The first kappa shape index (κ1) is 15.3. The number of hydrogen-bond donors (Lipinski definition) is 1. The third-order valence-electron chi connectivity index (χ3n) is 4.02. The zero-order valence-electron chi connectivity index (χ0n) is 12.5. The minimum Gasteiger partial charge on any atom is -0.481 e. The zero-order chi connectivity index (χ0) is 15.6. The van der Waals surface area contributed by atoms with E-state index in [1.807, 2.05) is 19.1 Å². The molecule has 21 heavy (non-hydrogen) atoms. The van der Waals surface area contributed by atoms with Gasteiger partial charge in [0.25, 0.3) is 0 Å². The number of allylic oxidation sites excluding steroid dienone is 2. The van der Waals surface area contributed by atoms with E-state index in [4.69, 9.17) is 4.52 Å². The molecule has 114 valence electrons. The van der Waals surface area contributed by atoms with Crippen molar-refractivity contribution in [2.45, 2.75) is 33.2 Å². The van der Waals surface area contributed by atoms with Gasteiger partial charge in [-0.05, 0) is 26.7 Å². The van der Waals surface area contributed by atoms with E-state index in [2.05, 4.69) is 5.16 Å². The molecular formula is C15H20N2O4. The number of rotatable bonds is 4. The van der Waals surface area contributed by atoms with Crippen molar-refractivity contribution in [2.24, 2.45) is 11.8 Å². The lowest BCUT2D eigenvalue weighted by atomic mass is 9.82. The second-order valence-corrected chi connectivity index (χ2v) is 5.49. The van der Waals surface area contributed by atoms with Gasteiger partial charge in [0.15, 0.2) is 0 Å². The summed E-state index contributed by atoms with van der Waals surface area (Å²) in [5, 5.41) is 13.1. The molecule has 0 aliphatic heterocycles. The van der Waals surface area contributed by atoms with Gasteiger partial charge in [0.05, 0.1) is 24.1 Å². The molecule has 0 spiro atoms. The van der Waals surface area contributed by atoms with E-state index in [0.29, 0.717) is 25.1 Å². The normalized spacial score (nSPS) is 21.3. The van der Waals surface area contributed by atoms with Crippen molar-refractivity contribution in [3.8, 4) is 0 Å². The fraction of sp³-hybridized carbons (Fsp3) is 0.533. The fourth-order valence-corrected chi connectivity index (χ4v) is 2.69. The lowest BCUT2D eigenvalue weighted by Gasteiger charge is -2.28. The van der Waals surface area contributed by atoms with E-state index in [1.54, 1.807) is 18.9 Å². The molecule has 1 aliphatic carbocycles. The Balaban J connectivity index is 2.11. The number of carboxylic acid groups (broad SMARTS) is 1. The van der Waals surface area contributed by atoms with Crippen molar-refractivity contribution in [2.75, 3.05) is 7.05 Å². The molecule has 0 saturated carbocycles. The number of aliphatic carboxylic acids is 1. The number of carboxylic acids is 1. The molecule has 1 aromatic rings. The number of aryl methyl sites for hydroxylation is 2. The van der Waals surface area contributed by atoms with Crippen LogP contribution in [0.15, 0.2) is 16.7 Å². The molecular weight excluding hydrogens is 272 g/mol. The van der Waals surface area contributed by atoms with Crippen molar-refractivity contribution in [1.29, 1.82) is 0 Å². The van der Waals surface area contributed by atoms with Crippen LogP contribution >= 0.6 is 0 Å². The van der Waals surface area contributed by atoms with Crippen LogP contribution in [-0.2, 0) is 16.1 Å². The largest absolute Gasteiger partial charge is 0.481 e. The summed E-state index contributed by atoms with van der Waals surface area (Å²) >= 11 is 0. The van der Waals surface area contributed by atoms with Crippen LogP contribution in [0.5, 0.6) is 0 Å². The van der Waals surface area contributed by atoms with Crippen LogP contribution in [0.2, 0.25) is 0 Å².